The van der Waals surface area contributed by atoms with E-state index in [2.05, 4.69) is 10.6 Å². The Kier molecular flexibility index (Phi) is 6.09. The molecule has 0 radical (unpaired) electrons. The number of carbonyl (C=O) groups excluding carboxylic acids is 1. The SMILES string of the molecule is COc1ccc(CCNC(=O)NCC(C)(O)c2cc(C)oc2C)cc1. The van der Waals surface area contributed by atoms with Gasteiger partial charge in [-0.2, -0.15) is 0 Å². The van der Waals surface area contributed by atoms with Gasteiger partial charge in [0.15, 0.2) is 0 Å². The topological polar surface area (TPSA) is 83.7 Å². The van der Waals surface area contributed by atoms with E-state index in [0.29, 0.717) is 24.3 Å². The molecule has 6 nitrogen and oxygen atoms in total. The molecule has 0 saturated heterocycles. The summed E-state index contributed by atoms with van der Waals surface area (Å²) in [6.45, 7) is 5.88. The fourth-order valence-electron chi connectivity index (χ4n) is 2.69. The van der Waals surface area contributed by atoms with Gasteiger partial charge in [0, 0.05) is 12.1 Å². The van der Waals surface area contributed by atoms with Gasteiger partial charge >= 0.3 is 6.03 Å². The molecular weight excluding hydrogens is 320 g/mol. The van der Waals surface area contributed by atoms with Crippen molar-refractivity contribution in [2.45, 2.75) is 32.8 Å². The molecule has 1 aromatic heterocycles. The predicted octanol–water partition coefficient (Wildman–Crippen LogP) is 2.65. The smallest absolute Gasteiger partial charge is 0.314 e. The number of aryl methyl sites for hydroxylation is 2. The number of methoxy groups -OCH3 is 1. The molecule has 0 aliphatic carbocycles. The lowest BCUT2D eigenvalue weighted by Crippen LogP contribution is -2.44. The van der Waals surface area contributed by atoms with Crippen LogP contribution in [0.1, 0.15) is 29.6 Å². The summed E-state index contributed by atoms with van der Waals surface area (Å²) in [5, 5.41) is 16.1. The summed E-state index contributed by atoms with van der Waals surface area (Å²) in [6, 6.07) is 9.19. The highest BCUT2D eigenvalue weighted by atomic mass is 16.5. The lowest BCUT2D eigenvalue weighted by Gasteiger charge is -2.23. The molecule has 1 atom stereocenters. The number of carbonyl (C=O) groups is 1. The number of hydrogen-bond donors (Lipinski definition) is 3. The fraction of sp³-hybridized carbons (Fsp3) is 0.421. The number of ether oxygens (including phenoxy) is 1. The third-order valence-corrected chi connectivity index (χ3v) is 4.07. The van der Waals surface area contributed by atoms with Crippen molar-refractivity contribution in [1.29, 1.82) is 0 Å². The number of benzene rings is 1. The van der Waals surface area contributed by atoms with Crippen LogP contribution in [0.25, 0.3) is 0 Å². The van der Waals surface area contributed by atoms with E-state index in [-0.39, 0.29) is 12.6 Å². The first kappa shape index (κ1) is 18.9. The van der Waals surface area contributed by atoms with Crippen molar-refractivity contribution in [1.82, 2.24) is 10.6 Å². The number of urea groups is 1. The van der Waals surface area contributed by atoms with Crippen LogP contribution in [-0.2, 0) is 12.0 Å². The first-order chi connectivity index (χ1) is 11.8. The van der Waals surface area contributed by atoms with Crippen LogP contribution in [0.15, 0.2) is 34.7 Å². The van der Waals surface area contributed by atoms with Gasteiger partial charge in [-0.25, -0.2) is 4.79 Å². The number of hydrogen-bond acceptors (Lipinski definition) is 4. The van der Waals surface area contributed by atoms with Crippen molar-refractivity contribution in [2.24, 2.45) is 0 Å². The number of amides is 2. The lowest BCUT2D eigenvalue weighted by atomic mass is 9.96. The van der Waals surface area contributed by atoms with Gasteiger partial charge in [0.2, 0.25) is 0 Å². The molecule has 1 aromatic carbocycles. The van der Waals surface area contributed by atoms with E-state index in [9.17, 15) is 9.90 Å². The summed E-state index contributed by atoms with van der Waals surface area (Å²) in [5.74, 6) is 2.20. The summed E-state index contributed by atoms with van der Waals surface area (Å²) in [7, 11) is 1.63. The Morgan fingerprint density at radius 3 is 2.48 bits per heavy atom. The van der Waals surface area contributed by atoms with Crippen molar-refractivity contribution in [2.75, 3.05) is 20.2 Å². The first-order valence-electron chi connectivity index (χ1n) is 8.26. The zero-order valence-electron chi connectivity index (χ0n) is 15.2. The van der Waals surface area contributed by atoms with Gasteiger partial charge in [-0.05, 0) is 51.0 Å². The molecule has 0 bridgehead atoms. The summed E-state index contributed by atoms with van der Waals surface area (Å²) < 4.78 is 10.6. The average molecular weight is 346 g/mol. The molecule has 2 rings (SSSR count). The molecule has 1 unspecified atom stereocenters. The van der Waals surface area contributed by atoms with Gasteiger partial charge in [0.05, 0.1) is 13.7 Å². The molecule has 1 heterocycles. The van der Waals surface area contributed by atoms with E-state index < -0.39 is 5.60 Å². The maximum atomic E-state index is 11.9. The minimum atomic E-state index is -1.19. The third-order valence-electron chi connectivity index (χ3n) is 4.07. The van der Waals surface area contributed by atoms with E-state index in [1.807, 2.05) is 31.2 Å². The lowest BCUT2D eigenvalue weighted by molar-refractivity contribution is 0.0579. The molecule has 0 aliphatic heterocycles. The van der Waals surface area contributed by atoms with Gasteiger partial charge in [-0.3, -0.25) is 0 Å². The van der Waals surface area contributed by atoms with Crippen LogP contribution in [0.2, 0.25) is 0 Å². The second-order valence-corrected chi connectivity index (χ2v) is 6.31. The molecule has 6 heteroatoms. The molecule has 0 fully saturated rings. The van der Waals surface area contributed by atoms with Crippen molar-refractivity contribution >= 4 is 6.03 Å². The zero-order valence-corrected chi connectivity index (χ0v) is 15.2. The second-order valence-electron chi connectivity index (χ2n) is 6.31. The highest BCUT2D eigenvalue weighted by Crippen LogP contribution is 2.26. The molecular formula is C19H26N2O4. The third kappa shape index (κ3) is 5.26. The Bertz CT molecular complexity index is 705. The van der Waals surface area contributed by atoms with Crippen LogP contribution < -0.4 is 15.4 Å². The minimum Gasteiger partial charge on any atom is -0.497 e. The average Bonchev–Trinajstić information content (AvgIpc) is 2.93. The monoisotopic (exact) mass is 346 g/mol. The molecule has 25 heavy (non-hydrogen) atoms. The predicted molar refractivity (Wildman–Crippen MR) is 95.9 cm³/mol. The van der Waals surface area contributed by atoms with Gasteiger partial charge in [-0.1, -0.05) is 12.1 Å². The molecule has 0 saturated carbocycles. The van der Waals surface area contributed by atoms with Crippen LogP contribution in [0.4, 0.5) is 4.79 Å². The van der Waals surface area contributed by atoms with E-state index in [1.165, 1.54) is 0 Å². The normalized spacial score (nSPS) is 13.2. The summed E-state index contributed by atoms with van der Waals surface area (Å²) in [5.41, 5.74) is 0.607. The molecule has 0 spiro atoms. The van der Waals surface area contributed by atoms with Crippen molar-refractivity contribution in [3.63, 3.8) is 0 Å². The van der Waals surface area contributed by atoms with Crippen LogP contribution in [0.3, 0.4) is 0 Å². The molecule has 2 aromatic rings. The maximum absolute atomic E-state index is 11.9. The van der Waals surface area contributed by atoms with Gasteiger partial charge < -0.3 is 24.9 Å². The standard InChI is InChI=1S/C19H26N2O4/c1-13-11-17(14(2)25-13)19(3,23)12-21-18(22)20-10-9-15-5-7-16(24-4)8-6-15/h5-8,11,23H,9-10,12H2,1-4H3,(H2,20,21,22). The van der Waals surface area contributed by atoms with Crippen molar-refractivity contribution < 1.29 is 19.1 Å². The van der Waals surface area contributed by atoms with Crippen LogP contribution in [0.5, 0.6) is 5.75 Å². The Morgan fingerprint density at radius 2 is 1.92 bits per heavy atom. The first-order valence-corrected chi connectivity index (χ1v) is 8.26. The molecule has 136 valence electrons. The van der Waals surface area contributed by atoms with Crippen molar-refractivity contribution in [3.8, 4) is 5.75 Å². The number of rotatable bonds is 7. The van der Waals surface area contributed by atoms with Gasteiger partial charge in [0.1, 0.15) is 22.9 Å². The van der Waals surface area contributed by atoms with Gasteiger partial charge in [-0.15, -0.1) is 0 Å². The highest BCUT2D eigenvalue weighted by Gasteiger charge is 2.28. The zero-order chi connectivity index (χ0) is 18.4. The van der Waals surface area contributed by atoms with Crippen LogP contribution >= 0.6 is 0 Å². The molecule has 2 amide bonds. The van der Waals surface area contributed by atoms with E-state index in [0.717, 1.165) is 17.1 Å². The number of aliphatic hydroxyl groups is 1. The summed E-state index contributed by atoms with van der Waals surface area (Å²) in [6.07, 6.45) is 0.716. The molecule has 3 N–H and O–H groups in total. The maximum Gasteiger partial charge on any atom is 0.314 e. The van der Waals surface area contributed by atoms with E-state index >= 15 is 0 Å². The van der Waals surface area contributed by atoms with Gasteiger partial charge in [0.25, 0.3) is 0 Å². The quantitative estimate of drug-likeness (QED) is 0.720. The Labute approximate surface area is 148 Å². The largest absolute Gasteiger partial charge is 0.497 e. The van der Waals surface area contributed by atoms with Crippen LogP contribution in [-0.4, -0.2) is 31.3 Å². The van der Waals surface area contributed by atoms with Crippen molar-refractivity contribution in [3.05, 3.63) is 53.0 Å². The van der Waals surface area contributed by atoms with Crippen LogP contribution in [0, 0.1) is 13.8 Å². The van der Waals surface area contributed by atoms with E-state index in [1.54, 1.807) is 27.0 Å². The number of furan rings is 1. The minimum absolute atomic E-state index is 0.0984. The fourth-order valence-corrected chi connectivity index (χ4v) is 2.69. The summed E-state index contributed by atoms with van der Waals surface area (Å²) >= 11 is 0. The van der Waals surface area contributed by atoms with E-state index in [4.69, 9.17) is 9.15 Å². The molecule has 0 aliphatic rings. The summed E-state index contributed by atoms with van der Waals surface area (Å²) in [4.78, 5) is 11.9. The second kappa shape index (κ2) is 8.07. The Morgan fingerprint density at radius 1 is 1.24 bits per heavy atom. The number of nitrogens with one attached hydrogen (secondary N) is 2. The Hall–Kier alpha value is -2.47. The highest BCUT2D eigenvalue weighted by molar-refractivity contribution is 5.73. The Balaban J connectivity index is 1.77.